The number of amides is 1. The smallest absolute Gasteiger partial charge is 0.330 e. The largest absolute Gasteiger partial charge is 0.463 e. The van der Waals surface area contributed by atoms with E-state index < -0.39 is 11.8 Å². The van der Waals surface area contributed by atoms with Crippen LogP contribution in [0.3, 0.4) is 0 Å². The third kappa shape index (κ3) is 5.30. The fraction of sp³-hybridized carbons (Fsp3) is 0.571. The van der Waals surface area contributed by atoms with Gasteiger partial charge in [-0.2, -0.15) is 0 Å². The molecule has 1 amide bonds. The summed E-state index contributed by atoms with van der Waals surface area (Å²) in [5.41, 5.74) is 0.483. The summed E-state index contributed by atoms with van der Waals surface area (Å²) >= 11 is 0. The second-order valence-electron chi connectivity index (χ2n) is 7.43. The molecule has 0 bridgehead atoms. The van der Waals surface area contributed by atoms with E-state index in [0.29, 0.717) is 25.3 Å². The minimum Gasteiger partial charge on any atom is -0.463 e. The van der Waals surface area contributed by atoms with Crippen LogP contribution in [0.1, 0.15) is 51.0 Å². The summed E-state index contributed by atoms with van der Waals surface area (Å²) < 4.78 is 19.2. The minimum absolute atomic E-state index is 0.00420. The first-order valence-electron chi connectivity index (χ1n) is 10.1. The predicted molar refractivity (Wildman–Crippen MR) is 105 cm³/mol. The van der Waals surface area contributed by atoms with Gasteiger partial charge in [0.15, 0.2) is 11.6 Å². The molecule has 7 heteroatoms. The Kier molecular flexibility index (Phi) is 7.01. The monoisotopic (exact) mass is 389 g/mol. The first-order chi connectivity index (χ1) is 13.6. The third-order valence-electron chi connectivity index (χ3n) is 5.36. The molecule has 1 aliphatic carbocycles. The van der Waals surface area contributed by atoms with Crippen LogP contribution >= 0.6 is 0 Å². The Morgan fingerprint density at radius 1 is 1.32 bits per heavy atom. The number of anilines is 1. The van der Waals surface area contributed by atoms with Crippen molar-refractivity contribution in [3.8, 4) is 0 Å². The molecule has 0 spiro atoms. The van der Waals surface area contributed by atoms with Crippen LogP contribution in [0.2, 0.25) is 0 Å². The van der Waals surface area contributed by atoms with Gasteiger partial charge in [0.05, 0.1) is 6.61 Å². The molecule has 0 unspecified atom stereocenters. The van der Waals surface area contributed by atoms with Crippen LogP contribution in [0.4, 0.5) is 10.2 Å². The van der Waals surface area contributed by atoms with Crippen LogP contribution in [-0.4, -0.2) is 47.5 Å². The van der Waals surface area contributed by atoms with E-state index in [9.17, 15) is 14.0 Å². The summed E-state index contributed by atoms with van der Waals surface area (Å²) in [5.74, 6) is -0.378. The summed E-state index contributed by atoms with van der Waals surface area (Å²) in [6, 6.07) is 1.32. The SMILES string of the molecule is CCOC(=O)C=Cc1cnc(N[C@@H]2CCN(C(=O)C3CCCCC3)C2)c(F)c1. The number of hydrogen-bond acceptors (Lipinski definition) is 5. The van der Waals surface area contributed by atoms with E-state index in [4.69, 9.17) is 4.74 Å². The average Bonchev–Trinajstić information content (AvgIpc) is 3.17. The second kappa shape index (κ2) is 9.66. The standard InChI is InChI=1S/C21H28FN3O3/c1-2-28-19(26)9-8-15-12-18(22)20(23-13-15)24-17-10-11-25(14-17)21(27)16-6-4-3-5-7-16/h8-9,12-13,16-17H,2-7,10-11,14H2,1H3,(H,23,24)/t17-/m1/s1. The summed E-state index contributed by atoms with van der Waals surface area (Å²) in [4.78, 5) is 30.0. The van der Waals surface area contributed by atoms with Crippen LogP contribution in [-0.2, 0) is 14.3 Å². The van der Waals surface area contributed by atoms with Crippen molar-refractivity contribution >= 4 is 23.8 Å². The number of aromatic nitrogens is 1. The molecule has 0 aromatic carbocycles. The highest BCUT2D eigenvalue weighted by atomic mass is 19.1. The van der Waals surface area contributed by atoms with Crippen molar-refractivity contribution in [3.63, 3.8) is 0 Å². The fourth-order valence-corrected chi connectivity index (χ4v) is 3.88. The molecule has 1 aromatic rings. The molecular weight excluding hydrogens is 361 g/mol. The van der Waals surface area contributed by atoms with E-state index >= 15 is 0 Å². The Morgan fingerprint density at radius 2 is 2.11 bits per heavy atom. The molecule has 3 rings (SSSR count). The zero-order chi connectivity index (χ0) is 19.9. The van der Waals surface area contributed by atoms with Gasteiger partial charge in [0.1, 0.15) is 0 Å². The highest BCUT2D eigenvalue weighted by Crippen LogP contribution is 2.27. The van der Waals surface area contributed by atoms with Crippen LogP contribution in [0.25, 0.3) is 6.08 Å². The summed E-state index contributed by atoms with van der Waals surface area (Å²) in [6.07, 6.45) is 10.5. The number of esters is 1. The normalized spacial score (nSPS) is 20.5. The zero-order valence-corrected chi connectivity index (χ0v) is 16.3. The lowest BCUT2D eigenvalue weighted by Crippen LogP contribution is -2.37. The molecule has 6 nitrogen and oxygen atoms in total. The maximum absolute atomic E-state index is 14.4. The average molecular weight is 389 g/mol. The van der Waals surface area contributed by atoms with E-state index in [1.807, 2.05) is 4.90 Å². The fourth-order valence-electron chi connectivity index (χ4n) is 3.88. The lowest BCUT2D eigenvalue weighted by atomic mass is 9.88. The van der Waals surface area contributed by atoms with Crippen LogP contribution in [0.5, 0.6) is 0 Å². The lowest BCUT2D eigenvalue weighted by Gasteiger charge is -2.26. The van der Waals surface area contributed by atoms with Crippen molar-refractivity contribution in [1.82, 2.24) is 9.88 Å². The van der Waals surface area contributed by atoms with Gasteiger partial charge in [0.2, 0.25) is 5.91 Å². The molecule has 1 saturated carbocycles. The molecule has 2 fully saturated rings. The topological polar surface area (TPSA) is 71.5 Å². The van der Waals surface area contributed by atoms with Crippen LogP contribution in [0, 0.1) is 11.7 Å². The maximum Gasteiger partial charge on any atom is 0.330 e. The molecule has 1 aliphatic heterocycles. The number of hydrogen-bond donors (Lipinski definition) is 1. The molecule has 2 heterocycles. The number of nitrogens with zero attached hydrogens (tertiary/aromatic N) is 2. The molecular formula is C21H28FN3O3. The van der Waals surface area contributed by atoms with E-state index in [1.54, 1.807) is 6.92 Å². The number of ether oxygens (including phenoxy) is 1. The van der Waals surface area contributed by atoms with Crippen molar-refractivity contribution in [2.75, 3.05) is 25.0 Å². The Balaban J connectivity index is 1.54. The van der Waals surface area contributed by atoms with Crippen molar-refractivity contribution in [1.29, 1.82) is 0 Å². The molecule has 28 heavy (non-hydrogen) atoms. The number of likely N-dealkylation sites (tertiary alicyclic amines) is 1. The van der Waals surface area contributed by atoms with Gasteiger partial charge in [0.25, 0.3) is 0 Å². The van der Waals surface area contributed by atoms with Gasteiger partial charge < -0.3 is 15.0 Å². The number of carbonyl (C=O) groups excluding carboxylic acids is 2. The molecule has 1 aromatic heterocycles. The van der Waals surface area contributed by atoms with Gasteiger partial charge in [-0.3, -0.25) is 4.79 Å². The Morgan fingerprint density at radius 3 is 2.82 bits per heavy atom. The van der Waals surface area contributed by atoms with Crippen LogP contribution < -0.4 is 5.32 Å². The molecule has 1 atom stereocenters. The molecule has 1 N–H and O–H groups in total. The first kappa shape index (κ1) is 20.3. The maximum atomic E-state index is 14.4. The van der Waals surface area contributed by atoms with E-state index in [-0.39, 0.29) is 23.7 Å². The van der Waals surface area contributed by atoms with Crippen LogP contribution in [0.15, 0.2) is 18.3 Å². The van der Waals surface area contributed by atoms with Gasteiger partial charge in [-0.05, 0) is 43.9 Å². The quantitative estimate of drug-likeness (QED) is 0.596. The Bertz CT molecular complexity index is 732. The Hall–Kier alpha value is -2.44. The third-order valence-corrected chi connectivity index (χ3v) is 5.36. The van der Waals surface area contributed by atoms with Gasteiger partial charge in [-0.1, -0.05) is 19.3 Å². The number of carbonyl (C=O) groups is 2. The summed E-state index contributed by atoms with van der Waals surface area (Å²) in [5, 5.41) is 3.11. The first-order valence-corrected chi connectivity index (χ1v) is 10.1. The summed E-state index contributed by atoms with van der Waals surface area (Å²) in [6.45, 7) is 3.30. The van der Waals surface area contributed by atoms with E-state index in [2.05, 4.69) is 10.3 Å². The molecule has 152 valence electrons. The highest BCUT2D eigenvalue weighted by Gasteiger charge is 2.31. The number of nitrogens with one attached hydrogen (secondary N) is 1. The van der Waals surface area contributed by atoms with Gasteiger partial charge >= 0.3 is 5.97 Å². The number of halogens is 1. The predicted octanol–water partition coefficient (Wildman–Crippen LogP) is 3.39. The summed E-state index contributed by atoms with van der Waals surface area (Å²) in [7, 11) is 0. The molecule has 2 aliphatic rings. The van der Waals surface area contributed by atoms with Crippen molar-refractivity contribution in [2.24, 2.45) is 5.92 Å². The minimum atomic E-state index is -0.483. The van der Waals surface area contributed by atoms with Crippen molar-refractivity contribution in [2.45, 2.75) is 51.5 Å². The van der Waals surface area contributed by atoms with Crippen molar-refractivity contribution in [3.05, 3.63) is 29.7 Å². The molecule has 0 radical (unpaired) electrons. The molecule has 1 saturated heterocycles. The van der Waals surface area contributed by atoms with Crippen molar-refractivity contribution < 1.29 is 18.7 Å². The van der Waals surface area contributed by atoms with Gasteiger partial charge in [-0.15, -0.1) is 0 Å². The number of rotatable bonds is 6. The van der Waals surface area contributed by atoms with Gasteiger partial charge in [-0.25, -0.2) is 14.2 Å². The number of pyridine rings is 1. The Labute approximate surface area is 165 Å². The zero-order valence-electron chi connectivity index (χ0n) is 16.3. The second-order valence-corrected chi connectivity index (χ2v) is 7.43. The van der Waals surface area contributed by atoms with Gasteiger partial charge in [0, 0.05) is 37.3 Å². The lowest BCUT2D eigenvalue weighted by molar-refractivity contribution is -0.137. The highest BCUT2D eigenvalue weighted by molar-refractivity contribution is 5.87. The van der Waals surface area contributed by atoms with E-state index in [0.717, 1.165) is 32.1 Å². The van der Waals surface area contributed by atoms with E-state index in [1.165, 1.54) is 30.8 Å².